The zero-order valence-electron chi connectivity index (χ0n) is 20.3. The van der Waals surface area contributed by atoms with Crippen molar-refractivity contribution in [3.63, 3.8) is 0 Å². The topological polar surface area (TPSA) is 127 Å². The number of aromatic nitrogens is 2. The van der Waals surface area contributed by atoms with Crippen molar-refractivity contribution < 1.29 is 19.5 Å². The Kier molecular flexibility index (Phi) is 8.68. The Bertz CT molecular complexity index is 1210. The molecule has 1 fully saturated rings. The predicted octanol–water partition coefficient (Wildman–Crippen LogP) is 1.74. The molecule has 2 heterocycles. The molecule has 0 aliphatic carbocycles. The smallest absolute Gasteiger partial charge is 0.317 e. The first-order valence-corrected chi connectivity index (χ1v) is 12.1. The molecule has 1 aromatic heterocycles. The number of aliphatic carboxylic acids is 1. The molecule has 1 aliphatic rings. The number of benzene rings is 2. The van der Waals surface area contributed by atoms with Gasteiger partial charge in [-0.25, -0.2) is 4.98 Å². The van der Waals surface area contributed by atoms with Crippen LogP contribution in [0.1, 0.15) is 35.6 Å². The summed E-state index contributed by atoms with van der Waals surface area (Å²) in [5.41, 5.74) is 2.39. The lowest BCUT2D eigenvalue weighted by Crippen LogP contribution is -2.55. The number of carboxylic acids is 1. The maximum absolute atomic E-state index is 14.0. The highest BCUT2D eigenvalue weighted by Gasteiger charge is 2.40. The summed E-state index contributed by atoms with van der Waals surface area (Å²) in [6, 6.07) is 17.5. The number of amides is 2. The molecule has 4 N–H and O–H groups in total. The van der Waals surface area contributed by atoms with E-state index in [0.29, 0.717) is 25.1 Å². The molecule has 4 rings (SSSR count). The fourth-order valence-corrected chi connectivity index (χ4v) is 4.64. The summed E-state index contributed by atoms with van der Waals surface area (Å²) in [7, 11) is 0. The van der Waals surface area contributed by atoms with Crippen molar-refractivity contribution in [2.45, 2.75) is 30.8 Å². The normalized spacial score (nSPS) is 15.6. The van der Waals surface area contributed by atoms with E-state index in [1.807, 2.05) is 60.7 Å². The number of rotatable bonds is 9. The highest BCUT2D eigenvalue weighted by molar-refractivity contribution is 5.91. The summed E-state index contributed by atoms with van der Waals surface area (Å²) in [6.45, 7) is 0.159. The van der Waals surface area contributed by atoms with Crippen LogP contribution in [0.3, 0.4) is 0 Å². The molecular weight excluding hydrogens is 470 g/mol. The average Bonchev–Trinajstić information content (AvgIpc) is 3.62. The third-order valence-corrected chi connectivity index (χ3v) is 6.30. The number of carboxylic acid groups (broad SMARTS) is 1. The van der Waals surface area contributed by atoms with Crippen molar-refractivity contribution >= 4 is 17.8 Å². The standard InChI is InChI=1S/C28H29N5O4/c34-24(35)18-31-26(25(20-9-3-1-4-10-20)21-11-5-2-6-12-21)28(37)33-16-8-14-23(33)27(36)30-15-7-13-22-17-29-19-32-22/h1-6,9-12,17,19,23,25-26,31H,8,14-16,18H2,(H,29,32)(H,30,36)(H,34,35)/t23-,26+/m0/s1. The van der Waals surface area contributed by atoms with Gasteiger partial charge in [-0.3, -0.25) is 19.7 Å². The zero-order chi connectivity index (χ0) is 26.0. The highest BCUT2D eigenvalue weighted by Crippen LogP contribution is 2.31. The summed E-state index contributed by atoms with van der Waals surface area (Å²) >= 11 is 0. The predicted molar refractivity (Wildman–Crippen MR) is 137 cm³/mol. The van der Waals surface area contributed by atoms with Gasteiger partial charge in [0.1, 0.15) is 11.7 Å². The summed E-state index contributed by atoms with van der Waals surface area (Å²) in [5.74, 6) is 3.64. The fourth-order valence-electron chi connectivity index (χ4n) is 4.64. The fraction of sp³-hybridized carbons (Fsp3) is 0.286. The van der Waals surface area contributed by atoms with E-state index < -0.39 is 24.0 Å². The molecule has 2 amide bonds. The van der Waals surface area contributed by atoms with Crippen molar-refractivity contribution in [3.8, 4) is 11.8 Å². The quantitative estimate of drug-likeness (QED) is 0.332. The Morgan fingerprint density at radius 1 is 1.08 bits per heavy atom. The van der Waals surface area contributed by atoms with Gasteiger partial charge in [0.2, 0.25) is 11.8 Å². The van der Waals surface area contributed by atoms with E-state index in [2.05, 4.69) is 32.4 Å². The average molecular weight is 500 g/mol. The van der Waals surface area contributed by atoms with Gasteiger partial charge in [0, 0.05) is 12.5 Å². The Labute approximate surface area is 215 Å². The molecule has 9 heteroatoms. The number of aromatic amines is 1. The molecule has 0 spiro atoms. The van der Waals surface area contributed by atoms with Crippen LogP contribution in [0, 0.1) is 11.8 Å². The van der Waals surface area contributed by atoms with Crippen LogP contribution in [-0.2, 0) is 14.4 Å². The lowest BCUT2D eigenvalue weighted by Gasteiger charge is -2.33. The van der Waals surface area contributed by atoms with E-state index in [-0.39, 0.29) is 24.9 Å². The van der Waals surface area contributed by atoms with Crippen molar-refractivity contribution in [1.82, 2.24) is 25.5 Å². The van der Waals surface area contributed by atoms with Gasteiger partial charge >= 0.3 is 5.97 Å². The second-order valence-electron chi connectivity index (χ2n) is 8.73. The lowest BCUT2D eigenvalue weighted by atomic mass is 9.84. The monoisotopic (exact) mass is 499 g/mol. The molecule has 0 bridgehead atoms. The van der Waals surface area contributed by atoms with Gasteiger partial charge < -0.3 is 20.3 Å². The van der Waals surface area contributed by atoms with Crippen molar-refractivity contribution in [2.24, 2.45) is 0 Å². The van der Waals surface area contributed by atoms with Crippen LogP contribution in [0.25, 0.3) is 0 Å². The summed E-state index contributed by atoms with van der Waals surface area (Å²) in [5, 5.41) is 15.2. The number of carbonyl (C=O) groups is 3. The van der Waals surface area contributed by atoms with Gasteiger partial charge in [-0.2, -0.15) is 0 Å². The molecule has 0 radical (unpaired) electrons. The summed E-state index contributed by atoms with van der Waals surface area (Å²) < 4.78 is 0. The maximum atomic E-state index is 14.0. The maximum Gasteiger partial charge on any atom is 0.317 e. The van der Waals surface area contributed by atoms with Crippen molar-refractivity contribution in [1.29, 1.82) is 0 Å². The van der Waals surface area contributed by atoms with Crippen LogP contribution in [0.15, 0.2) is 73.2 Å². The van der Waals surface area contributed by atoms with Gasteiger partial charge in [0.25, 0.3) is 0 Å². The Morgan fingerprint density at radius 2 is 1.76 bits per heavy atom. The lowest BCUT2D eigenvalue weighted by molar-refractivity contribution is -0.141. The number of carbonyl (C=O) groups excluding carboxylic acids is 2. The van der Waals surface area contributed by atoms with Crippen LogP contribution in [0.4, 0.5) is 0 Å². The number of nitrogens with zero attached hydrogens (tertiary/aromatic N) is 2. The number of H-pyrrole nitrogens is 1. The van der Waals surface area contributed by atoms with Crippen LogP contribution in [0.2, 0.25) is 0 Å². The van der Waals surface area contributed by atoms with Gasteiger partial charge in [-0.05, 0) is 29.9 Å². The van der Waals surface area contributed by atoms with Crippen LogP contribution in [-0.4, -0.2) is 69.5 Å². The number of hydrogen-bond donors (Lipinski definition) is 4. The number of imidazole rings is 1. The molecule has 0 saturated carbocycles. The molecule has 2 aromatic carbocycles. The van der Waals surface area contributed by atoms with E-state index in [1.165, 1.54) is 6.33 Å². The number of nitrogens with one attached hydrogen (secondary N) is 3. The second kappa shape index (κ2) is 12.5. The Morgan fingerprint density at radius 3 is 2.35 bits per heavy atom. The second-order valence-corrected chi connectivity index (χ2v) is 8.73. The first-order valence-electron chi connectivity index (χ1n) is 12.1. The summed E-state index contributed by atoms with van der Waals surface area (Å²) in [4.78, 5) is 46.8. The van der Waals surface area contributed by atoms with E-state index in [4.69, 9.17) is 0 Å². The molecule has 2 atom stereocenters. The van der Waals surface area contributed by atoms with Crippen LogP contribution in [0.5, 0.6) is 0 Å². The Hall–Kier alpha value is -4.42. The molecule has 37 heavy (non-hydrogen) atoms. The SMILES string of the molecule is O=C(O)CN[C@@H](C(=O)N1CCC[C@H]1C(=O)NCC#Cc1cnc[nH]1)C(c1ccccc1)c1ccccc1. The van der Waals surface area contributed by atoms with Crippen LogP contribution >= 0.6 is 0 Å². The molecular formula is C28H29N5O4. The van der Waals surface area contributed by atoms with E-state index >= 15 is 0 Å². The third-order valence-electron chi connectivity index (χ3n) is 6.30. The number of hydrogen-bond acceptors (Lipinski definition) is 5. The summed E-state index contributed by atoms with van der Waals surface area (Å²) in [6.07, 6.45) is 4.32. The van der Waals surface area contributed by atoms with Gasteiger partial charge in [0.05, 0.1) is 31.7 Å². The third kappa shape index (κ3) is 6.63. The van der Waals surface area contributed by atoms with Gasteiger partial charge in [-0.1, -0.05) is 66.6 Å². The minimum absolute atomic E-state index is 0.133. The van der Waals surface area contributed by atoms with Crippen molar-refractivity contribution in [2.75, 3.05) is 19.6 Å². The minimum atomic E-state index is -1.07. The first kappa shape index (κ1) is 25.7. The molecule has 9 nitrogen and oxygen atoms in total. The zero-order valence-corrected chi connectivity index (χ0v) is 20.3. The minimum Gasteiger partial charge on any atom is -0.480 e. The van der Waals surface area contributed by atoms with E-state index in [9.17, 15) is 19.5 Å². The van der Waals surface area contributed by atoms with E-state index in [1.54, 1.807) is 11.1 Å². The molecule has 3 aromatic rings. The molecule has 1 saturated heterocycles. The molecule has 190 valence electrons. The van der Waals surface area contributed by atoms with Crippen molar-refractivity contribution in [3.05, 3.63) is 90.0 Å². The first-order chi connectivity index (χ1) is 18.0. The van der Waals surface area contributed by atoms with Gasteiger partial charge in [-0.15, -0.1) is 0 Å². The number of likely N-dealkylation sites (tertiary alicyclic amines) is 1. The molecule has 1 aliphatic heterocycles. The van der Waals surface area contributed by atoms with E-state index in [0.717, 1.165) is 11.1 Å². The van der Waals surface area contributed by atoms with Gasteiger partial charge in [0.15, 0.2) is 0 Å². The largest absolute Gasteiger partial charge is 0.480 e. The molecule has 0 unspecified atom stereocenters. The highest BCUT2D eigenvalue weighted by atomic mass is 16.4. The Balaban J connectivity index is 1.57. The van der Waals surface area contributed by atoms with Crippen LogP contribution < -0.4 is 10.6 Å².